The number of benzene rings is 1. The molecule has 192 valence electrons. The lowest BCUT2D eigenvalue weighted by molar-refractivity contribution is -0.157. The van der Waals surface area contributed by atoms with E-state index in [9.17, 15) is 14.7 Å². The van der Waals surface area contributed by atoms with Gasteiger partial charge in [-0.15, -0.1) is 0 Å². The molecule has 2 N–H and O–H groups in total. The van der Waals surface area contributed by atoms with Crippen LogP contribution in [0.2, 0.25) is 0 Å². The third-order valence-electron chi connectivity index (χ3n) is 5.33. The topological polar surface area (TPSA) is 96.2 Å². The molecule has 0 bridgehead atoms. The molecule has 0 radical (unpaired) electrons. The molecular formula is C26H38N4O4S. The van der Waals surface area contributed by atoms with Gasteiger partial charge in [-0.05, 0) is 56.7 Å². The van der Waals surface area contributed by atoms with Gasteiger partial charge in [0.1, 0.15) is 16.5 Å². The molecule has 0 fully saturated rings. The zero-order valence-electron chi connectivity index (χ0n) is 21.8. The van der Waals surface area contributed by atoms with Gasteiger partial charge in [0.25, 0.3) is 5.91 Å². The summed E-state index contributed by atoms with van der Waals surface area (Å²) in [6.07, 6.45) is 2.86. The third-order valence-corrected chi connectivity index (χ3v) is 6.30. The third kappa shape index (κ3) is 7.25. The van der Waals surface area contributed by atoms with Gasteiger partial charge in [0.2, 0.25) is 0 Å². The zero-order chi connectivity index (χ0) is 26.0. The van der Waals surface area contributed by atoms with Crippen LogP contribution in [0.3, 0.4) is 0 Å². The van der Waals surface area contributed by atoms with Gasteiger partial charge in [-0.25, -0.2) is 4.98 Å². The van der Waals surface area contributed by atoms with Crippen molar-refractivity contribution in [2.24, 2.45) is 5.41 Å². The van der Waals surface area contributed by atoms with Crippen molar-refractivity contribution in [1.29, 1.82) is 0 Å². The maximum absolute atomic E-state index is 12.9. The summed E-state index contributed by atoms with van der Waals surface area (Å²) in [7, 11) is 1.83. The molecule has 2 aromatic heterocycles. The minimum Gasteiger partial charge on any atom is -0.459 e. The molecule has 3 rings (SSSR count). The molecule has 35 heavy (non-hydrogen) atoms. The van der Waals surface area contributed by atoms with Gasteiger partial charge in [-0.3, -0.25) is 14.0 Å². The lowest BCUT2D eigenvalue weighted by atomic mass is 9.96. The molecule has 8 nitrogen and oxygen atoms in total. The maximum Gasteiger partial charge on any atom is 0.323 e. The number of carbonyl (C=O) groups excluding carboxylic acids is 2. The Morgan fingerprint density at radius 1 is 1.23 bits per heavy atom. The summed E-state index contributed by atoms with van der Waals surface area (Å²) in [5.74, 6) is -0.329. The molecule has 0 saturated carbocycles. The molecule has 2 heterocycles. The van der Waals surface area contributed by atoms with Crippen LogP contribution in [0.5, 0.6) is 0 Å². The zero-order valence-corrected chi connectivity index (χ0v) is 22.7. The monoisotopic (exact) mass is 502 g/mol. The number of aliphatic hydroxyl groups is 1. The van der Waals surface area contributed by atoms with Gasteiger partial charge >= 0.3 is 5.97 Å². The van der Waals surface area contributed by atoms with E-state index in [-0.39, 0.29) is 23.9 Å². The Hall–Kier alpha value is -2.49. The number of thiazole rings is 1. The second kappa shape index (κ2) is 10.6. The van der Waals surface area contributed by atoms with Crippen LogP contribution in [0.1, 0.15) is 69.6 Å². The first kappa shape index (κ1) is 27.1. The Kier molecular flexibility index (Phi) is 8.24. The van der Waals surface area contributed by atoms with Crippen molar-refractivity contribution in [1.82, 2.24) is 19.6 Å². The van der Waals surface area contributed by atoms with E-state index in [4.69, 9.17) is 4.74 Å². The Morgan fingerprint density at radius 2 is 1.94 bits per heavy atom. The summed E-state index contributed by atoms with van der Waals surface area (Å²) >= 11 is 1.39. The van der Waals surface area contributed by atoms with Crippen molar-refractivity contribution in [2.75, 3.05) is 20.2 Å². The minimum atomic E-state index is -0.576. The number of ether oxygens (including phenoxy) is 1. The molecule has 0 spiro atoms. The number of hydrogen-bond donors (Lipinski definition) is 2. The molecule has 9 heteroatoms. The Labute approximate surface area is 211 Å². The number of nitrogens with zero attached hydrogens (tertiary/aromatic N) is 3. The van der Waals surface area contributed by atoms with Gasteiger partial charge in [0.05, 0.1) is 11.0 Å². The van der Waals surface area contributed by atoms with Crippen molar-refractivity contribution in [3.8, 4) is 0 Å². The highest BCUT2D eigenvalue weighted by molar-refractivity contribution is 7.18. The molecule has 1 aromatic carbocycles. The highest BCUT2D eigenvalue weighted by atomic mass is 32.1. The molecule has 0 aliphatic carbocycles. The van der Waals surface area contributed by atoms with Crippen molar-refractivity contribution < 1.29 is 19.4 Å². The van der Waals surface area contributed by atoms with Gasteiger partial charge in [0, 0.05) is 32.9 Å². The average Bonchev–Trinajstić information content (AvgIpc) is 3.28. The van der Waals surface area contributed by atoms with Crippen LogP contribution in [0.4, 0.5) is 0 Å². The number of aliphatic hydroxyl groups excluding tert-OH is 1. The molecule has 0 aliphatic rings. The van der Waals surface area contributed by atoms with E-state index in [0.717, 1.165) is 21.6 Å². The number of esters is 1. The van der Waals surface area contributed by atoms with Crippen molar-refractivity contribution in [3.63, 3.8) is 0 Å². The number of carbonyl (C=O) groups is 2. The van der Waals surface area contributed by atoms with Crippen LogP contribution in [-0.4, -0.2) is 63.1 Å². The first-order valence-corrected chi connectivity index (χ1v) is 12.8. The molecule has 1 amide bonds. The Bertz CT molecular complexity index is 1190. The van der Waals surface area contributed by atoms with Gasteiger partial charge < -0.3 is 20.1 Å². The van der Waals surface area contributed by atoms with Crippen LogP contribution in [0, 0.1) is 5.41 Å². The fourth-order valence-electron chi connectivity index (χ4n) is 3.95. The van der Waals surface area contributed by atoms with Crippen LogP contribution < -0.4 is 5.32 Å². The van der Waals surface area contributed by atoms with Crippen LogP contribution in [0.25, 0.3) is 16.0 Å². The standard InChI is InChI=1S/C26H38N4O4S/c1-25(2,3)16-29(7)22(32)21-15-30-20-13-17(10-11-18(20)28-24(30)35-21)14-27-19(9-8-12-31)23(33)34-26(4,5)6/h10-11,13,15,19,27,31H,8-9,12,14,16H2,1-7H3. The summed E-state index contributed by atoms with van der Waals surface area (Å²) in [6.45, 7) is 13.0. The lowest BCUT2D eigenvalue weighted by Gasteiger charge is -2.26. The van der Waals surface area contributed by atoms with Gasteiger partial charge in [-0.1, -0.05) is 38.2 Å². The highest BCUT2D eigenvalue weighted by Crippen LogP contribution is 2.26. The second-order valence-corrected chi connectivity index (χ2v) is 12.2. The summed E-state index contributed by atoms with van der Waals surface area (Å²) in [6, 6.07) is 5.45. The van der Waals surface area contributed by atoms with Crippen LogP contribution in [-0.2, 0) is 16.1 Å². The Balaban J connectivity index is 1.79. The van der Waals surface area contributed by atoms with Crippen molar-refractivity contribution in [3.05, 3.63) is 34.8 Å². The number of fused-ring (bicyclic) bond motifs is 3. The van der Waals surface area contributed by atoms with E-state index in [0.29, 0.717) is 30.8 Å². The van der Waals surface area contributed by atoms with E-state index in [1.54, 1.807) is 4.90 Å². The largest absolute Gasteiger partial charge is 0.459 e. The average molecular weight is 503 g/mol. The van der Waals surface area contributed by atoms with E-state index < -0.39 is 11.6 Å². The predicted molar refractivity (Wildman–Crippen MR) is 140 cm³/mol. The summed E-state index contributed by atoms with van der Waals surface area (Å²) in [5.41, 5.74) is 2.20. The van der Waals surface area contributed by atoms with Gasteiger partial charge in [-0.2, -0.15) is 0 Å². The van der Waals surface area contributed by atoms with Crippen LogP contribution in [0.15, 0.2) is 24.4 Å². The number of hydrogen-bond acceptors (Lipinski definition) is 7. The summed E-state index contributed by atoms with van der Waals surface area (Å²) < 4.78 is 7.50. The molecule has 0 aliphatic heterocycles. The number of rotatable bonds is 9. The number of nitrogens with one attached hydrogen (secondary N) is 1. The SMILES string of the molecule is CN(CC(C)(C)C)C(=O)c1cn2c(nc3ccc(CNC(CCCO)C(=O)OC(C)(C)C)cc32)s1. The van der Waals surface area contributed by atoms with Crippen molar-refractivity contribution in [2.45, 2.75) is 72.6 Å². The molecular weight excluding hydrogens is 464 g/mol. The number of aromatic nitrogens is 2. The fraction of sp³-hybridized carbons (Fsp3) is 0.577. The first-order valence-electron chi connectivity index (χ1n) is 12.0. The molecule has 1 atom stereocenters. The maximum atomic E-state index is 12.9. The molecule has 1 unspecified atom stereocenters. The summed E-state index contributed by atoms with van der Waals surface area (Å²) in [5, 5.41) is 12.5. The first-order chi connectivity index (χ1) is 16.3. The molecule has 3 aromatic rings. The highest BCUT2D eigenvalue weighted by Gasteiger charge is 2.25. The van der Waals surface area contributed by atoms with Gasteiger partial charge in [0.15, 0.2) is 4.96 Å². The van der Waals surface area contributed by atoms with E-state index in [1.807, 2.05) is 56.6 Å². The van der Waals surface area contributed by atoms with Crippen molar-refractivity contribution >= 4 is 39.2 Å². The number of imidazole rings is 1. The van der Waals surface area contributed by atoms with Crippen LogP contribution >= 0.6 is 11.3 Å². The Morgan fingerprint density at radius 3 is 2.57 bits per heavy atom. The fourth-order valence-corrected chi connectivity index (χ4v) is 4.94. The minimum absolute atomic E-state index is 0.00881. The van der Waals surface area contributed by atoms with E-state index in [2.05, 4.69) is 31.1 Å². The van der Waals surface area contributed by atoms with E-state index >= 15 is 0 Å². The number of amides is 1. The normalized spacial score (nSPS) is 13.4. The smallest absolute Gasteiger partial charge is 0.323 e. The lowest BCUT2D eigenvalue weighted by Crippen LogP contribution is -2.41. The second-order valence-electron chi connectivity index (χ2n) is 11.2. The summed E-state index contributed by atoms with van der Waals surface area (Å²) in [4.78, 5) is 33.4. The predicted octanol–water partition coefficient (Wildman–Crippen LogP) is 4.24. The molecule has 0 saturated heterocycles. The quantitative estimate of drug-likeness (QED) is 0.425. The van der Waals surface area contributed by atoms with E-state index in [1.165, 1.54) is 11.3 Å².